The standard InChI is InChI=1S/C16H13FN2O/c1-10-8-11(6-7-12(10)17)16(20)15-9-18-13-4-2-3-5-14(13)19-15/h2-9,16,20H,1H3. The Bertz CT molecular complexity index is 773. The van der Waals surface area contributed by atoms with Gasteiger partial charge < -0.3 is 5.11 Å². The number of nitrogens with zero attached hydrogens (tertiary/aromatic N) is 2. The molecule has 0 aliphatic heterocycles. The molecule has 2 aromatic carbocycles. The number of halogens is 1. The fourth-order valence-electron chi connectivity index (χ4n) is 2.11. The van der Waals surface area contributed by atoms with Gasteiger partial charge in [0.1, 0.15) is 11.9 Å². The second-order valence-corrected chi connectivity index (χ2v) is 4.69. The average molecular weight is 268 g/mol. The summed E-state index contributed by atoms with van der Waals surface area (Å²) in [6, 6.07) is 12.0. The molecule has 3 rings (SSSR count). The molecule has 0 aliphatic carbocycles. The number of aliphatic hydroxyl groups is 1. The number of fused-ring (bicyclic) bond motifs is 1. The van der Waals surface area contributed by atoms with E-state index in [0.29, 0.717) is 16.8 Å². The molecule has 0 radical (unpaired) electrons. The van der Waals surface area contributed by atoms with Crippen molar-refractivity contribution in [2.24, 2.45) is 0 Å². The summed E-state index contributed by atoms with van der Waals surface area (Å²) in [5.41, 5.74) is 3.06. The average Bonchev–Trinajstić information content (AvgIpc) is 2.49. The Morgan fingerprint density at radius 3 is 2.60 bits per heavy atom. The molecule has 0 saturated heterocycles. The molecular weight excluding hydrogens is 255 g/mol. The van der Waals surface area contributed by atoms with E-state index in [1.807, 2.05) is 24.3 Å². The molecule has 0 spiro atoms. The van der Waals surface area contributed by atoms with Crippen molar-refractivity contribution in [2.75, 3.05) is 0 Å². The monoisotopic (exact) mass is 268 g/mol. The number of aryl methyl sites for hydroxylation is 1. The number of aliphatic hydroxyl groups excluding tert-OH is 1. The molecule has 0 bridgehead atoms. The highest BCUT2D eigenvalue weighted by molar-refractivity contribution is 5.73. The van der Waals surface area contributed by atoms with Crippen LogP contribution in [-0.2, 0) is 0 Å². The lowest BCUT2D eigenvalue weighted by molar-refractivity contribution is 0.215. The van der Waals surface area contributed by atoms with Crippen LogP contribution in [0.3, 0.4) is 0 Å². The molecule has 0 amide bonds. The SMILES string of the molecule is Cc1cc(C(O)c2cnc3ccccc3n2)ccc1F. The van der Waals surface area contributed by atoms with Gasteiger partial charge in [-0.3, -0.25) is 4.98 Å². The van der Waals surface area contributed by atoms with Crippen molar-refractivity contribution in [2.45, 2.75) is 13.0 Å². The first-order valence-electron chi connectivity index (χ1n) is 6.31. The summed E-state index contributed by atoms with van der Waals surface area (Å²) < 4.78 is 13.3. The molecule has 100 valence electrons. The summed E-state index contributed by atoms with van der Waals surface area (Å²) in [5.74, 6) is -0.287. The van der Waals surface area contributed by atoms with Crippen molar-refractivity contribution in [3.05, 3.63) is 71.3 Å². The molecule has 3 aromatic rings. The summed E-state index contributed by atoms with van der Waals surface area (Å²) >= 11 is 0. The highest BCUT2D eigenvalue weighted by Crippen LogP contribution is 2.23. The number of benzene rings is 2. The summed E-state index contributed by atoms with van der Waals surface area (Å²) in [4.78, 5) is 8.67. The van der Waals surface area contributed by atoms with E-state index >= 15 is 0 Å². The summed E-state index contributed by atoms with van der Waals surface area (Å²) in [7, 11) is 0. The van der Waals surface area contributed by atoms with Gasteiger partial charge in [-0.1, -0.05) is 24.3 Å². The first-order chi connectivity index (χ1) is 9.65. The second kappa shape index (κ2) is 4.98. The maximum Gasteiger partial charge on any atom is 0.126 e. The van der Waals surface area contributed by atoms with Gasteiger partial charge >= 0.3 is 0 Å². The summed E-state index contributed by atoms with van der Waals surface area (Å²) in [6.45, 7) is 1.66. The fraction of sp³-hybridized carbons (Fsp3) is 0.125. The van der Waals surface area contributed by atoms with Crippen LogP contribution in [0.1, 0.15) is 22.9 Å². The van der Waals surface area contributed by atoms with Gasteiger partial charge in [0.2, 0.25) is 0 Å². The zero-order valence-electron chi connectivity index (χ0n) is 10.9. The third-order valence-corrected chi connectivity index (χ3v) is 3.25. The Labute approximate surface area is 115 Å². The fourth-order valence-corrected chi connectivity index (χ4v) is 2.11. The van der Waals surface area contributed by atoms with E-state index in [1.54, 1.807) is 25.3 Å². The molecule has 1 heterocycles. The number of aromatic nitrogens is 2. The van der Waals surface area contributed by atoms with Gasteiger partial charge in [-0.05, 0) is 36.2 Å². The highest BCUT2D eigenvalue weighted by Gasteiger charge is 2.14. The molecule has 1 N–H and O–H groups in total. The van der Waals surface area contributed by atoms with Crippen LogP contribution >= 0.6 is 0 Å². The Kier molecular flexibility index (Phi) is 3.16. The van der Waals surface area contributed by atoms with Crippen molar-refractivity contribution in [3.63, 3.8) is 0 Å². The first-order valence-corrected chi connectivity index (χ1v) is 6.31. The normalized spacial score (nSPS) is 12.6. The largest absolute Gasteiger partial charge is 0.382 e. The van der Waals surface area contributed by atoms with Crippen LogP contribution in [0.4, 0.5) is 4.39 Å². The van der Waals surface area contributed by atoms with E-state index in [4.69, 9.17) is 0 Å². The lowest BCUT2D eigenvalue weighted by Gasteiger charge is -2.11. The molecule has 0 aliphatic rings. The van der Waals surface area contributed by atoms with E-state index in [9.17, 15) is 9.50 Å². The van der Waals surface area contributed by atoms with Crippen molar-refractivity contribution in [3.8, 4) is 0 Å². The van der Waals surface area contributed by atoms with Crippen LogP contribution in [0.15, 0.2) is 48.7 Å². The number of rotatable bonds is 2. The maximum atomic E-state index is 13.3. The van der Waals surface area contributed by atoms with E-state index < -0.39 is 6.10 Å². The number of hydrogen-bond donors (Lipinski definition) is 1. The van der Waals surface area contributed by atoms with Gasteiger partial charge in [-0.15, -0.1) is 0 Å². The third-order valence-electron chi connectivity index (χ3n) is 3.25. The molecule has 3 nitrogen and oxygen atoms in total. The second-order valence-electron chi connectivity index (χ2n) is 4.69. The van der Waals surface area contributed by atoms with Crippen molar-refractivity contribution in [1.29, 1.82) is 0 Å². The molecular formula is C16H13FN2O. The van der Waals surface area contributed by atoms with E-state index in [0.717, 1.165) is 11.0 Å². The minimum atomic E-state index is -0.911. The molecule has 1 atom stereocenters. The molecule has 0 fully saturated rings. The molecule has 1 unspecified atom stereocenters. The highest BCUT2D eigenvalue weighted by atomic mass is 19.1. The van der Waals surface area contributed by atoms with Crippen LogP contribution in [-0.4, -0.2) is 15.1 Å². The smallest absolute Gasteiger partial charge is 0.126 e. The van der Waals surface area contributed by atoms with Gasteiger partial charge in [0.25, 0.3) is 0 Å². The van der Waals surface area contributed by atoms with Crippen LogP contribution in [0.25, 0.3) is 11.0 Å². The Morgan fingerprint density at radius 2 is 1.85 bits per heavy atom. The molecule has 4 heteroatoms. The number of hydrogen-bond acceptors (Lipinski definition) is 3. The minimum absolute atomic E-state index is 0.287. The minimum Gasteiger partial charge on any atom is -0.382 e. The van der Waals surface area contributed by atoms with E-state index in [1.165, 1.54) is 6.07 Å². The zero-order valence-corrected chi connectivity index (χ0v) is 10.9. The molecule has 20 heavy (non-hydrogen) atoms. The Hall–Kier alpha value is -2.33. The van der Waals surface area contributed by atoms with Crippen LogP contribution in [0.5, 0.6) is 0 Å². The van der Waals surface area contributed by atoms with Gasteiger partial charge in [0.15, 0.2) is 0 Å². The van der Waals surface area contributed by atoms with Crippen LogP contribution in [0, 0.1) is 12.7 Å². The predicted molar refractivity (Wildman–Crippen MR) is 74.7 cm³/mol. The predicted octanol–water partition coefficient (Wildman–Crippen LogP) is 3.16. The lowest BCUT2D eigenvalue weighted by Crippen LogP contribution is -2.04. The van der Waals surface area contributed by atoms with E-state index in [2.05, 4.69) is 9.97 Å². The summed E-state index contributed by atoms with van der Waals surface area (Å²) in [5, 5.41) is 10.3. The van der Waals surface area contributed by atoms with Gasteiger partial charge in [0.05, 0.1) is 22.9 Å². The van der Waals surface area contributed by atoms with Gasteiger partial charge in [-0.25, -0.2) is 9.37 Å². The third kappa shape index (κ3) is 2.26. The zero-order chi connectivity index (χ0) is 14.1. The van der Waals surface area contributed by atoms with Crippen LogP contribution < -0.4 is 0 Å². The number of para-hydroxylation sites is 2. The van der Waals surface area contributed by atoms with Gasteiger partial charge in [-0.2, -0.15) is 0 Å². The maximum absolute atomic E-state index is 13.3. The Balaban J connectivity index is 2.02. The Morgan fingerprint density at radius 1 is 1.10 bits per heavy atom. The van der Waals surface area contributed by atoms with Gasteiger partial charge in [0, 0.05) is 0 Å². The summed E-state index contributed by atoms with van der Waals surface area (Å²) in [6.07, 6.45) is 0.637. The lowest BCUT2D eigenvalue weighted by atomic mass is 10.0. The quantitative estimate of drug-likeness (QED) is 0.776. The van der Waals surface area contributed by atoms with Crippen molar-refractivity contribution < 1.29 is 9.50 Å². The molecule has 0 saturated carbocycles. The van der Waals surface area contributed by atoms with Crippen LogP contribution in [0.2, 0.25) is 0 Å². The van der Waals surface area contributed by atoms with Crippen molar-refractivity contribution in [1.82, 2.24) is 9.97 Å². The van der Waals surface area contributed by atoms with Crippen molar-refractivity contribution >= 4 is 11.0 Å². The molecule has 1 aromatic heterocycles. The van der Waals surface area contributed by atoms with E-state index in [-0.39, 0.29) is 5.82 Å². The topological polar surface area (TPSA) is 46.0 Å². The first kappa shape index (κ1) is 12.7.